The molecule has 0 fully saturated rings. The first-order valence-corrected chi connectivity index (χ1v) is 7.41. The molecule has 0 radical (unpaired) electrons. The molecule has 0 aliphatic carbocycles. The number of halogens is 2. The predicted molar refractivity (Wildman–Crippen MR) is 82.7 cm³/mol. The van der Waals surface area contributed by atoms with Crippen LogP contribution in [0.3, 0.4) is 0 Å². The van der Waals surface area contributed by atoms with Gasteiger partial charge in [-0.25, -0.2) is 13.6 Å². The van der Waals surface area contributed by atoms with Crippen LogP contribution in [0.4, 0.5) is 13.6 Å². The van der Waals surface area contributed by atoms with Gasteiger partial charge in [-0.2, -0.15) is 0 Å². The average Bonchev–Trinajstić information content (AvgIpc) is 3.03. The van der Waals surface area contributed by atoms with Crippen molar-refractivity contribution in [3.05, 3.63) is 59.2 Å². The molecule has 2 N–H and O–H groups in total. The third kappa shape index (κ3) is 3.56. The van der Waals surface area contributed by atoms with Gasteiger partial charge in [0.15, 0.2) is 23.1 Å². The van der Waals surface area contributed by atoms with Crippen molar-refractivity contribution in [1.29, 1.82) is 0 Å². The maximum absolute atomic E-state index is 13.2. The summed E-state index contributed by atoms with van der Waals surface area (Å²) in [5, 5.41) is 5.37. The number of benzene rings is 2. The maximum Gasteiger partial charge on any atom is 0.315 e. The van der Waals surface area contributed by atoms with E-state index in [2.05, 4.69) is 10.6 Å². The quantitative estimate of drug-likeness (QED) is 0.902. The highest BCUT2D eigenvalue weighted by atomic mass is 19.2. The number of nitrogens with one attached hydrogen (secondary N) is 2. The van der Waals surface area contributed by atoms with E-state index in [-0.39, 0.29) is 6.79 Å². The van der Waals surface area contributed by atoms with Crippen LogP contribution in [0, 0.1) is 11.6 Å². The van der Waals surface area contributed by atoms with Gasteiger partial charge in [0.25, 0.3) is 0 Å². The van der Waals surface area contributed by atoms with Gasteiger partial charge < -0.3 is 20.1 Å². The molecule has 0 spiro atoms. The van der Waals surface area contributed by atoms with Crippen molar-refractivity contribution in [2.45, 2.75) is 19.5 Å². The lowest BCUT2D eigenvalue weighted by Crippen LogP contribution is -2.36. The van der Waals surface area contributed by atoms with E-state index < -0.39 is 23.7 Å². The van der Waals surface area contributed by atoms with Crippen molar-refractivity contribution in [1.82, 2.24) is 10.6 Å². The number of urea groups is 1. The second-order valence-electron chi connectivity index (χ2n) is 5.41. The summed E-state index contributed by atoms with van der Waals surface area (Å²) in [6, 6.07) is 8.06. The van der Waals surface area contributed by atoms with E-state index in [0.29, 0.717) is 23.6 Å². The zero-order chi connectivity index (χ0) is 17.1. The topological polar surface area (TPSA) is 59.6 Å². The summed E-state index contributed by atoms with van der Waals surface area (Å²) in [6.07, 6.45) is 0. The summed E-state index contributed by atoms with van der Waals surface area (Å²) >= 11 is 0. The lowest BCUT2D eigenvalue weighted by Gasteiger charge is -2.15. The molecule has 1 aliphatic heterocycles. The van der Waals surface area contributed by atoms with E-state index in [4.69, 9.17) is 9.47 Å². The van der Waals surface area contributed by atoms with Gasteiger partial charge in [0.05, 0.1) is 6.04 Å². The number of rotatable bonds is 4. The molecular weight excluding hydrogens is 318 g/mol. The minimum Gasteiger partial charge on any atom is -0.454 e. The molecule has 3 rings (SSSR count). The molecule has 0 unspecified atom stereocenters. The fourth-order valence-corrected chi connectivity index (χ4v) is 2.35. The summed E-state index contributed by atoms with van der Waals surface area (Å²) in [5.74, 6) is -0.542. The lowest BCUT2D eigenvalue weighted by molar-refractivity contribution is 0.174. The summed E-state index contributed by atoms with van der Waals surface area (Å²) < 4.78 is 36.7. The van der Waals surface area contributed by atoms with Crippen LogP contribution in [0.1, 0.15) is 24.1 Å². The van der Waals surface area contributed by atoms with Crippen molar-refractivity contribution < 1.29 is 23.0 Å². The second kappa shape index (κ2) is 6.74. The standard InChI is InChI=1S/C17H16F2N2O3/c1-10(12-3-4-13(18)14(19)7-12)21-17(22)20-8-11-2-5-15-16(6-11)24-9-23-15/h2-7,10H,8-9H2,1H3,(H2,20,21,22)/t10-/m1/s1. The van der Waals surface area contributed by atoms with E-state index >= 15 is 0 Å². The Balaban J connectivity index is 1.54. The number of ether oxygens (including phenoxy) is 2. The van der Waals surface area contributed by atoms with E-state index in [1.165, 1.54) is 6.07 Å². The minimum absolute atomic E-state index is 0.193. The zero-order valence-electron chi connectivity index (χ0n) is 12.9. The summed E-state index contributed by atoms with van der Waals surface area (Å²) in [7, 11) is 0. The number of carbonyl (C=O) groups excluding carboxylic acids is 1. The molecule has 2 amide bonds. The third-order valence-corrected chi connectivity index (χ3v) is 3.68. The molecule has 1 aliphatic rings. The number of fused-ring (bicyclic) bond motifs is 1. The van der Waals surface area contributed by atoms with Crippen molar-refractivity contribution in [3.8, 4) is 11.5 Å². The highest BCUT2D eigenvalue weighted by molar-refractivity contribution is 5.74. The highest BCUT2D eigenvalue weighted by Gasteiger charge is 2.14. The SMILES string of the molecule is C[C@@H](NC(=O)NCc1ccc2c(c1)OCO2)c1ccc(F)c(F)c1. The molecular formula is C17H16F2N2O3. The maximum atomic E-state index is 13.2. The van der Waals surface area contributed by atoms with Crippen molar-refractivity contribution in [2.75, 3.05) is 6.79 Å². The molecule has 2 aromatic rings. The van der Waals surface area contributed by atoms with Gasteiger partial charge in [-0.3, -0.25) is 0 Å². The fourth-order valence-electron chi connectivity index (χ4n) is 2.35. The van der Waals surface area contributed by atoms with Crippen LogP contribution in [-0.4, -0.2) is 12.8 Å². The Kier molecular flexibility index (Phi) is 4.50. The molecule has 0 saturated carbocycles. The molecule has 1 atom stereocenters. The van der Waals surface area contributed by atoms with Crippen LogP contribution in [0.2, 0.25) is 0 Å². The largest absolute Gasteiger partial charge is 0.454 e. The molecule has 0 bridgehead atoms. The van der Waals surface area contributed by atoms with Crippen molar-refractivity contribution in [3.63, 3.8) is 0 Å². The van der Waals surface area contributed by atoms with Gasteiger partial charge in [0.1, 0.15) is 0 Å². The zero-order valence-corrected chi connectivity index (χ0v) is 12.9. The number of hydrogen-bond acceptors (Lipinski definition) is 3. The smallest absolute Gasteiger partial charge is 0.315 e. The van der Waals surface area contributed by atoms with Gasteiger partial charge in [0, 0.05) is 6.54 Å². The van der Waals surface area contributed by atoms with Crippen LogP contribution >= 0.6 is 0 Å². The van der Waals surface area contributed by atoms with Crippen molar-refractivity contribution in [2.24, 2.45) is 0 Å². The normalized spacial score (nSPS) is 13.5. The molecule has 0 saturated heterocycles. The predicted octanol–water partition coefficient (Wildman–Crippen LogP) is 3.25. The molecule has 5 nitrogen and oxygen atoms in total. The van der Waals surface area contributed by atoms with E-state index in [1.807, 2.05) is 6.07 Å². The number of carbonyl (C=O) groups is 1. The van der Waals surface area contributed by atoms with Crippen molar-refractivity contribution >= 4 is 6.03 Å². The average molecular weight is 334 g/mol. The third-order valence-electron chi connectivity index (χ3n) is 3.68. The van der Waals surface area contributed by atoms with Gasteiger partial charge in [-0.1, -0.05) is 12.1 Å². The van der Waals surface area contributed by atoms with Gasteiger partial charge >= 0.3 is 6.03 Å². The van der Waals surface area contributed by atoms with Crippen LogP contribution in [0.15, 0.2) is 36.4 Å². The molecule has 0 aromatic heterocycles. The van der Waals surface area contributed by atoms with E-state index in [1.54, 1.807) is 19.1 Å². The molecule has 1 heterocycles. The van der Waals surface area contributed by atoms with Crippen LogP contribution < -0.4 is 20.1 Å². The first kappa shape index (κ1) is 16.0. The van der Waals surface area contributed by atoms with Gasteiger partial charge in [-0.15, -0.1) is 0 Å². The highest BCUT2D eigenvalue weighted by Crippen LogP contribution is 2.32. The Hall–Kier alpha value is -2.83. The van der Waals surface area contributed by atoms with Crippen LogP contribution in [0.25, 0.3) is 0 Å². The minimum atomic E-state index is -0.943. The fraction of sp³-hybridized carbons (Fsp3) is 0.235. The monoisotopic (exact) mass is 334 g/mol. The molecule has 2 aromatic carbocycles. The Morgan fingerprint density at radius 2 is 1.92 bits per heavy atom. The first-order chi connectivity index (χ1) is 11.5. The van der Waals surface area contributed by atoms with E-state index in [9.17, 15) is 13.6 Å². The Labute approximate surface area is 137 Å². The summed E-state index contributed by atoms with van der Waals surface area (Å²) in [5.41, 5.74) is 1.34. The number of hydrogen-bond donors (Lipinski definition) is 2. The molecule has 7 heteroatoms. The Morgan fingerprint density at radius 1 is 1.12 bits per heavy atom. The van der Waals surface area contributed by atoms with E-state index in [0.717, 1.165) is 17.7 Å². The first-order valence-electron chi connectivity index (χ1n) is 7.41. The molecule has 126 valence electrons. The Bertz CT molecular complexity index is 767. The van der Waals surface area contributed by atoms with Gasteiger partial charge in [-0.05, 0) is 42.3 Å². The number of amides is 2. The van der Waals surface area contributed by atoms with Gasteiger partial charge in [0.2, 0.25) is 6.79 Å². The molecule has 24 heavy (non-hydrogen) atoms. The Morgan fingerprint density at radius 3 is 2.71 bits per heavy atom. The lowest BCUT2D eigenvalue weighted by atomic mass is 10.1. The second-order valence-corrected chi connectivity index (χ2v) is 5.41. The summed E-state index contributed by atoms with van der Waals surface area (Å²) in [4.78, 5) is 11.9. The van der Waals surface area contributed by atoms with Crippen LogP contribution in [0.5, 0.6) is 11.5 Å². The summed E-state index contributed by atoms with van der Waals surface area (Å²) in [6.45, 7) is 2.18. The van der Waals surface area contributed by atoms with Crippen LogP contribution in [-0.2, 0) is 6.54 Å².